The molecular formula is C12H9Br2FO2. The molecule has 90 valence electrons. The molecule has 0 aliphatic heterocycles. The molecule has 1 aromatic carbocycles. The molecule has 0 radical (unpaired) electrons. The van der Waals surface area contributed by atoms with E-state index in [1.807, 2.05) is 0 Å². The summed E-state index contributed by atoms with van der Waals surface area (Å²) in [5.74, 6) is 0.0724. The van der Waals surface area contributed by atoms with E-state index < -0.39 is 6.10 Å². The van der Waals surface area contributed by atoms with Crippen LogP contribution in [0.3, 0.4) is 0 Å². The van der Waals surface area contributed by atoms with Crippen molar-refractivity contribution in [1.82, 2.24) is 0 Å². The maximum absolute atomic E-state index is 13.4. The molecule has 0 spiro atoms. The van der Waals surface area contributed by atoms with Gasteiger partial charge < -0.3 is 9.52 Å². The van der Waals surface area contributed by atoms with Gasteiger partial charge in [-0.3, -0.25) is 0 Å². The summed E-state index contributed by atoms with van der Waals surface area (Å²) in [6.45, 7) is 0. The smallest absolute Gasteiger partial charge is 0.183 e. The first-order valence-electron chi connectivity index (χ1n) is 4.94. The molecule has 2 nitrogen and oxygen atoms in total. The first kappa shape index (κ1) is 12.8. The fraction of sp³-hybridized carbons (Fsp3) is 0.167. The maximum Gasteiger partial charge on any atom is 0.183 e. The van der Waals surface area contributed by atoms with Crippen molar-refractivity contribution in [2.24, 2.45) is 0 Å². The first-order valence-corrected chi connectivity index (χ1v) is 6.52. The lowest BCUT2D eigenvalue weighted by Gasteiger charge is -2.08. The number of hydrogen-bond donors (Lipinski definition) is 1. The lowest BCUT2D eigenvalue weighted by Crippen LogP contribution is -2.02. The molecule has 2 aromatic rings. The highest BCUT2D eigenvalue weighted by Crippen LogP contribution is 2.31. The third-order valence-electron chi connectivity index (χ3n) is 2.36. The molecule has 0 bridgehead atoms. The predicted molar refractivity (Wildman–Crippen MR) is 69.2 cm³/mol. The minimum absolute atomic E-state index is 0.180. The molecule has 2 rings (SSSR count). The fourth-order valence-corrected chi connectivity index (χ4v) is 2.11. The summed E-state index contributed by atoms with van der Waals surface area (Å²) < 4.78 is 19.9. The van der Waals surface area contributed by atoms with E-state index in [0.717, 1.165) is 4.47 Å². The van der Waals surface area contributed by atoms with Crippen LogP contribution < -0.4 is 0 Å². The van der Waals surface area contributed by atoms with Gasteiger partial charge in [-0.1, -0.05) is 18.2 Å². The Hall–Kier alpha value is -0.650. The lowest BCUT2D eigenvalue weighted by molar-refractivity contribution is 0.147. The summed E-state index contributed by atoms with van der Waals surface area (Å²) in [6, 6.07) is 8.03. The number of aliphatic hydroxyl groups excluding tert-OH is 1. The number of halogens is 3. The van der Waals surface area contributed by atoms with Crippen LogP contribution in [0.4, 0.5) is 4.39 Å². The molecule has 1 heterocycles. The van der Waals surface area contributed by atoms with Crippen molar-refractivity contribution in [3.63, 3.8) is 0 Å². The van der Waals surface area contributed by atoms with E-state index in [-0.39, 0.29) is 12.2 Å². The number of benzene rings is 1. The molecule has 0 aliphatic carbocycles. The Bertz CT molecular complexity index is 505. The van der Waals surface area contributed by atoms with Crippen LogP contribution in [0, 0.1) is 5.82 Å². The standard InChI is InChI=1S/C12H9Br2FO2/c13-8-6-11(17-12(8)14)10(16)5-7-3-1-2-4-9(7)15/h1-4,6,10,16H,5H2. The van der Waals surface area contributed by atoms with Crippen LogP contribution in [-0.4, -0.2) is 5.11 Å². The van der Waals surface area contributed by atoms with Crippen molar-refractivity contribution in [3.05, 3.63) is 56.6 Å². The number of rotatable bonds is 3. The predicted octanol–water partition coefficient (Wildman–Crippen LogP) is 4.22. The maximum atomic E-state index is 13.4. The summed E-state index contributed by atoms with van der Waals surface area (Å²) in [5, 5.41) is 9.93. The van der Waals surface area contributed by atoms with Gasteiger partial charge in [0.25, 0.3) is 0 Å². The van der Waals surface area contributed by atoms with E-state index >= 15 is 0 Å². The Morgan fingerprint density at radius 3 is 2.59 bits per heavy atom. The Labute approximate surface area is 115 Å². The molecule has 0 saturated carbocycles. The third-order valence-corrected chi connectivity index (χ3v) is 4.07. The highest BCUT2D eigenvalue weighted by atomic mass is 79.9. The zero-order valence-electron chi connectivity index (χ0n) is 8.66. The van der Waals surface area contributed by atoms with Crippen molar-refractivity contribution >= 4 is 31.9 Å². The monoisotopic (exact) mass is 362 g/mol. The van der Waals surface area contributed by atoms with E-state index in [0.29, 0.717) is 16.0 Å². The second-order valence-corrected chi connectivity index (χ2v) is 5.16. The van der Waals surface area contributed by atoms with Crippen molar-refractivity contribution < 1.29 is 13.9 Å². The van der Waals surface area contributed by atoms with Gasteiger partial charge in [0.05, 0.1) is 4.47 Å². The van der Waals surface area contributed by atoms with E-state index in [1.165, 1.54) is 6.07 Å². The fourth-order valence-electron chi connectivity index (χ4n) is 1.50. The van der Waals surface area contributed by atoms with E-state index in [9.17, 15) is 9.50 Å². The summed E-state index contributed by atoms with van der Waals surface area (Å²) in [6.07, 6.45) is -0.687. The van der Waals surface area contributed by atoms with Gasteiger partial charge in [0.1, 0.15) is 17.7 Å². The van der Waals surface area contributed by atoms with Gasteiger partial charge >= 0.3 is 0 Å². The molecule has 0 saturated heterocycles. The van der Waals surface area contributed by atoms with E-state index in [1.54, 1.807) is 24.3 Å². The van der Waals surface area contributed by atoms with Gasteiger partial charge in [-0.05, 0) is 49.6 Å². The number of hydrogen-bond acceptors (Lipinski definition) is 2. The minimum Gasteiger partial charge on any atom is -0.450 e. The van der Waals surface area contributed by atoms with Crippen molar-refractivity contribution in [2.45, 2.75) is 12.5 Å². The van der Waals surface area contributed by atoms with Crippen LogP contribution in [0.15, 0.2) is 43.9 Å². The number of aliphatic hydroxyl groups is 1. The Kier molecular flexibility index (Phi) is 4.01. The summed E-state index contributed by atoms with van der Waals surface area (Å²) in [4.78, 5) is 0. The largest absolute Gasteiger partial charge is 0.450 e. The molecule has 0 aliphatic rings. The highest BCUT2D eigenvalue weighted by molar-refractivity contribution is 9.13. The van der Waals surface area contributed by atoms with Gasteiger partial charge in [0, 0.05) is 6.42 Å². The first-order chi connectivity index (χ1) is 8.08. The van der Waals surface area contributed by atoms with Crippen molar-refractivity contribution in [2.75, 3.05) is 0 Å². The molecule has 1 aromatic heterocycles. The third kappa shape index (κ3) is 2.97. The zero-order chi connectivity index (χ0) is 12.4. The van der Waals surface area contributed by atoms with E-state index in [4.69, 9.17) is 4.42 Å². The molecule has 5 heteroatoms. The molecule has 1 N–H and O–H groups in total. The quantitative estimate of drug-likeness (QED) is 0.885. The summed E-state index contributed by atoms with van der Waals surface area (Å²) in [7, 11) is 0. The molecule has 0 fully saturated rings. The Balaban J connectivity index is 2.17. The van der Waals surface area contributed by atoms with Crippen LogP contribution >= 0.6 is 31.9 Å². The molecule has 1 unspecified atom stereocenters. The second-order valence-electron chi connectivity index (χ2n) is 3.58. The minimum atomic E-state index is -0.866. The normalized spacial score (nSPS) is 12.7. The van der Waals surface area contributed by atoms with Crippen LogP contribution in [-0.2, 0) is 6.42 Å². The van der Waals surface area contributed by atoms with Gasteiger partial charge in [0.15, 0.2) is 4.67 Å². The average molecular weight is 364 g/mol. The van der Waals surface area contributed by atoms with E-state index in [2.05, 4.69) is 31.9 Å². The van der Waals surface area contributed by atoms with Crippen molar-refractivity contribution in [1.29, 1.82) is 0 Å². The summed E-state index contributed by atoms with van der Waals surface area (Å²) >= 11 is 6.44. The zero-order valence-corrected chi connectivity index (χ0v) is 11.8. The van der Waals surface area contributed by atoms with Gasteiger partial charge in [0.2, 0.25) is 0 Å². The highest BCUT2D eigenvalue weighted by Gasteiger charge is 2.16. The van der Waals surface area contributed by atoms with Gasteiger partial charge in [-0.15, -0.1) is 0 Å². The summed E-state index contributed by atoms with van der Waals surface area (Å²) in [5.41, 5.74) is 0.462. The average Bonchev–Trinajstić information content (AvgIpc) is 2.63. The van der Waals surface area contributed by atoms with Crippen LogP contribution in [0.2, 0.25) is 0 Å². The van der Waals surface area contributed by atoms with Crippen molar-refractivity contribution in [3.8, 4) is 0 Å². The molecule has 1 atom stereocenters. The molecule has 0 amide bonds. The lowest BCUT2D eigenvalue weighted by atomic mass is 10.1. The molecular weight excluding hydrogens is 355 g/mol. The van der Waals surface area contributed by atoms with Crippen LogP contribution in [0.5, 0.6) is 0 Å². The topological polar surface area (TPSA) is 33.4 Å². The molecule has 17 heavy (non-hydrogen) atoms. The van der Waals surface area contributed by atoms with Crippen LogP contribution in [0.1, 0.15) is 17.4 Å². The second kappa shape index (κ2) is 5.33. The Morgan fingerprint density at radius 1 is 1.29 bits per heavy atom. The Morgan fingerprint density at radius 2 is 2.00 bits per heavy atom. The number of furan rings is 1. The van der Waals surface area contributed by atoms with Crippen LogP contribution in [0.25, 0.3) is 0 Å². The SMILES string of the molecule is OC(Cc1ccccc1F)c1cc(Br)c(Br)o1. The van der Waals surface area contributed by atoms with Gasteiger partial charge in [-0.2, -0.15) is 0 Å². The van der Waals surface area contributed by atoms with Gasteiger partial charge in [-0.25, -0.2) is 4.39 Å².